The second-order valence-corrected chi connectivity index (χ2v) is 11.5. The van der Waals surface area contributed by atoms with E-state index in [-0.39, 0.29) is 0 Å². The minimum atomic E-state index is 0.697. The predicted octanol–water partition coefficient (Wildman–Crippen LogP) is 10.2. The van der Waals surface area contributed by atoms with Crippen molar-refractivity contribution in [2.45, 2.75) is 12.8 Å². The zero-order valence-electron chi connectivity index (χ0n) is 24.4. The van der Waals surface area contributed by atoms with E-state index in [0.717, 1.165) is 79.8 Å². The van der Waals surface area contributed by atoms with Crippen molar-refractivity contribution in [2.75, 3.05) is 0 Å². The predicted molar refractivity (Wildman–Crippen MR) is 182 cm³/mol. The van der Waals surface area contributed by atoms with Gasteiger partial charge in [-0.15, -0.1) is 0 Å². The van der Waals surface area contributed by atoms with Crippen LogP contribution in [0.25, 0.3) is 78.4 Å². The van der Waals surface area contributed by atoms with Crippen LogP contribution in [0.1, 0.15) is 11.1 Å². The Labute approximate surface area is 260 Å². The van der Waals surface area contributed by atoms with Crippen LogP contribution in [0.4, 0.5) is 0 Å². The van der Waals surface area contributed by atoms with Gasteiger partial charge < -0.3 is 4.42 Å². The van der Waals surface area contributed by atoms with Crippen LogP contribution in [0.3, 0.4) is 0 Å². The number of aromatic nitrogens is 3. The highest BCUT2D eigenvalue weighted by Gasteiger charge is 2.28. The van der Waals surface area contributed by atoms with E-state index in [1.54, 1.807) is 0 Å². The molecule has 0 aliphatic heterocycles. The molecule has 1 aliphatic rings. The Hall–Kier alpha value is -5.87. The molecule has 8 aromatic rings. The minimum Gasteiger partial charge on any atom is -0.456 e. The van der Waals surface area contributed by atoms with Crippen LogP contribution in [0.5, 0.6) is 0 Å². The van der Waals surface area contributed by atoms with Gasteiger partial charge in [0.05, 0.1) is 22.8 Å². The lowest BCUT2D eigenvalue weighted by molar-refractivity contribution is 0.669. The topological polar surface area (TPSA) is 51.8 Å². The summed E-state index contributed by atoms with van der Waals surface area (Å²) in [5, 5.41) is 2.19. The molecule has 0 radical (unpaired) electrons. The van der Waals surface area contributed by atoms with Gasteiger partial charge in [-0.05, 0) is 59.9 Å². The number of rotatable bonds is 4. The third-order valence-electron chi connectivity index (χ3n) is 8.82. The van der Waals surface area contributed by atoms with E-state index in [1.807, 2.05) is 36.4 Å². The van der Waals surface area contributed by atoms with E-state index < -0.39 is 0 Å². The van der Waals surface area contributed by atoms with E-state index in [4.69, 9.17) is 19.4 Å². The van der Waals surface area contributed by atoms with Crippen LogP contribution in [0.15, 0.2) is 144 Å². The lowest BCUT2D eigenvalue weighted by Gasteiger charge is -2.25. The first-order chi connectivity index (χ1) is 22.3. The molecule has 45 heavy (non-hydrogen) atoms. The molecule has 3 aromatic heterocycles. The van der Waals surface area contributed by atoms with Crippen molar-refractivity contribution >= 4 is 21.9 Å². The standard InChI is InChI=1S/C41H27N3O/c1-4-12-26(13-5-1)33-25-35(27-14-6-2-7-15-27)42-39-31(33)21-22-32-38(43-41(44-40(32)39)28-16-8-3-9-17-28)29-20-23-37-34(24-29)30-18-10-11-19-36(30)45-37/h1-20,23-25H,21-22H2. The van der Waals surface area contributed by atoms with Crippen LogP contribution >= 0.6 is 0 Å². The van der Waals surface area contributed by atoms with Gasteiger partial charge in [0.15, 0.2) is 5.82 Å². The average Bonchev–Trinajstić information content (AvgIpc) is 3.50. The Morgan fingerprint density at radius 1 is 0.422 bits per heavy atom. The second-order valence-electron chi connectivity index (χ2n) is 11.5. The van der Waals surface area contributed by atoms with Crippen LogP contribution in [-0.4, -0.2) is 15.0 Å². The fourth-order valence-electron chi connectivity index (χ4n) is 6.65. The zero-order valence-corrected chi connectivity index (χ0v) is 24.4. The largest absolute Gasteiger partial charge is 0.456 e. The van der Waals surface area contributed by atoms with Crippen LogP contribution in [0, 0.1) is 0 Å². The van der Waals surface area contributed by atoms with Crippen molar-refractivity contribution in [1.82, 2.24) is 15.0 Å². The Morgan fingerprint density at radius 3 is 1.80 bits per heavy atom. The van der Waals surface area contributed by atoms with Gasteiger partial charge in [0.1, 0.15) is 11.2 Å². The van der Waals surface area contributed by atoms with Crippen LogP contribution in [-0.2, 0) is 12.8 Å². The van der Waals surface area contributed by atoms with Crippen molar-refractivity contribution in [3.63, 3.8) is 0 Å². The molecule has 0 spiro atoms. The van der Waals surface area contributed by atoms with Gasteiger partial charge >= 0.3 is 0 Å². The Bertz CT molecular complexity index is 2360. The van der Waals surface area contributed by atoms with Crippen molar-refractivity contribution in [2.24, 2.45) is 0 Å². The zero-order chi connectivity index (χ0) is 29.7. The first-order valence-electron chi connectivity index (χ1n) is 15.3. The fraction of sp³-hybridized carbons (Fsp3) is 0.0488. The Kier molecular flexibility index (Phi) is 5.91. The maximum Gasteiger partial charge on any atom is 0.160 e. The molecule has 212 valence electrons. The molecule has 5 aromatic carbocycles. The number of nitrogens with zero attached hydrogens (tertiary/aromatic N) is 3. The molecule has 0 saturated carbocycles. The molecule has 0 atom stereocenters. The van der Waals surface area contributed by atoms with Gasteiger partial charge in [0.2, 0.25) is 0 Å². The summed E-state index contributed by atoms with van der Waals surface area (Å²) in [6, 6.07) is 48.2. The van der Waals surface area contributed by atoms with Crippen molar-refractivity contribution in [3.05, 3.63) is 151 Å². The molecule has 0 saturated heterocycles. The second kappa shape index (κ2) is 10.4. The maximum atomic E-state index is 6.16. The van der Waals surface area contributed by atoms with Gasteiger partial charge in [0.25, 0.3) is 0 Å². The SMILES string of the molecule is c1ccc(-c2cc(-c3ccccc3)c3c(n2)-c2nc(-c4ccccc4)nc(-c4ccc5oc6ccccc6c5c4)c2CC3)cc1. The van der Waals surface area contributed by atoms with E-state index in [1.165, 1.54) is 16.7 Å². The molecular formula is C41H27N3O. The monoisotopic (exact) mass is 577 g/mol. The molecule has 9 rings (SSSR count). The van der Waals surface area contributed by atoms with Crippen LogP contribution in [0.2, 0.25) is 0 Å². The first kappa shape index (κ1) is 25.6. The third-order valence-corrected chi connectivity index (χ3v) is 8.82. The first-order valence-corrected chi connectivity index (χ1v) is 15.3. The van der Waals surface area contributed by atoms with Gasteiger partial charge in [-0.1, -0.05) is 109 Å². The lowest BCUT2D eigenvalue weighted by Crippen LogP contribution is -2.13. The number of hydrogen-bond acceptors (Lipinski definition) is 4. The molecule has 0 bridgehead atoms. The highest BCUT2D eigenvalue weighted by atomic mass is 16.3. The van der Waals surface area contributed by atoms with Crippen LogP contribution < -0.4 is 0 Å². The molecule has 0 amide bonds. The van der Waals surface area contributed by atoms with E-state index in [2.05, 4.69) is 103 Å². The smallest absolute Gasteiger partial charge is 0.160 e. The maximum absolute atomic E-state index is 6.16. The van der Waals surface area contributed by atoms with Gasteiger partial charge in [-0.25, -0.2) is 15.0 Å². The molecule has 0 unspecified atom stereocenters. The van der Waals surface area contributed by atoms with E-state index in [0.29, 0.717) is 5.82 Å². The highest BCUT2D eigenvalue weighted by Crippen LogP contribution is 2.43. The highest BCUT2D eigenvalue weighted by molar-refractivity contribution is 6.06. The Balaban J connectivity index is 1.33. The number of para-hydroxylation sites is 1. The average molecular weight is 578 g/mol. The number of pyridine rings is 1. The molecule has 0 N–H and O–H groups in total. The quantitative estimate of drug-likeness (QED) is 0.209. The molecule has 4 nitrogen and oxygen atoms in total. The number of fused-ring (bicyclic) bond motifs is 6. The van der Waals surface area contributed by atoms with E-state index in [9.17, 15) is 0 Å². The summed E-state index contributed by atoms with van der Waals surface area (Å²) >= 11 is 0. The molecule has 0 fully saturated rings. The van der Waals surface area contributed by atoms with Gasteiger partial charge in [0, 0.05) is 33.0 Å². The third kappa shape index (κ3) is 4.34. The summed E-state index contributed by atoms with van der Waals surface area (Å²) in [4.78, 5) is 15.9. The summed E-state index contributed by atoms with van der Waals surface area (Å²) in [6.45, 7) is 0. The molecule has 1 aliphatic carbocycles. The summed E-state index contributed by atoms with van der Waals surface area (Å²) < 4.78 is 6.16. The fourth-order valence-corrected chi connectivity index (χ4v) is 6.65. The molecular weight excluding hydrogens is 550 g/mol. The normalized spacial score (nSPS) is 12.3. The summed E-state index contributed by atoms with van der Waals surface area (Å²) in [5.41, 5.74) is 13.4. The molecule has 3 heterocycles. The van der Waals surface area contributed by atoms with Crippen molar-refractivity contribution in [3.8, 4) is 56.4 Å². The number of benzene rings is 5. The van der Waals surface area contributed by atoms with Crippen molar-refractivity contribution in [1.29, 1.82) is 0 Å². The number of hydrogen-bond donors (Lipinski definition) is 0. The van der Waals surface area contributed by atoms with E-state index >= 15 is 0 Å². The molecule has 4 heteroatoms. The summed E-state index contributed by atoms with van der Waals surface area (Å²) in [6.07, 6.45) is 1.68. The number of furan rings is 1. The minimum absolute atomic E-state index is 0.697. The summed E-state index contributed by atoms with van der Waals surface area (Å²) in [7, 11) is 0. The Morgan fingerprint density at radius 2 is 1.02 bits per heavy atom. The lowest BCUT2D eigenvalue weighted by atomic mass is 9.84. The van der Waals surface area contributed by atoms with Gasteiger partial charge in [-0.3, -0.25) is 0 Å². The van der Waals surface area contributed by atoms with Crippen molar-refractivity contribution < 1.29 is 4.42 Å². The van der Waals surface area contributed by atoms with Gasteiger partial charge in [-0.2, -0.15) is 0 Å². The summed E-state index contributed by atoms with van der Waals surface area (Å²) in [5.74, 6) is 0.697.